The summed E-state index contributed by atoms with van der Waals surface area (Å²) in [6.45, 7) is 2.21. The average molecular weight is 391 g/mol. The Morgan fingerprint density at radius 1 is 1.27 bits per heavy atom. The van der Waals surface area contributed by atoms with Crippen LogP contribution in [0.5, 0.6) is 0 Å². The lowest BCUT2D eigenvalue weighted by atomic mass is 9.91. The van der Waals surface area contributed by atoms with Crippen molar-refractivity contribution in [1.82, 2.24) is 10.2 Å². The van der Waals surface area contributed by atoms with Crippen molar-refractivity contribution in [2.24, 2.45) is 0 Å². The van der Waals surface area contributed by atoms with Gasteiger partial charge in [0.1, 0.15) is 5.82 Å². The summed E-state index contributed by atoms with van der Waals surface area (Å²) in [5, 5.41) is 13.4. The van der Waals surface area contributed by atoms with Crippen molar-refractivity contribution in [1.29, 1.82) is 0 Å². The Bertz CT molecular complexity index is 881. The van der Waals surface area contributed by atoms with E-state index in [1.807, 2.05) is 13.0 Å². The van der Waals surface area contributed by atoms with Crippen LogP contribution in [-0.4, -0.2) is 27.6 Å². The molecule has 0 amide bonds. The number of halogens is 2. The van der Waals surface area contributed by atoms with Crippen LogP contribution in [0.15, 0.2) is 54.1 Å². The highest BCUT2D eigenvalue weighted by Gasteiger charge is 2.39. The first kappa shape index (κ1) is 18.4. The molecule has 26 heavy (non-hydrogen) atoms. The molecular formula is C19H16ClFN2O2S. The number of nitrogens with zero attached hydrogens (tertiary/aromatic N) is 1. The maximum atomic E-state index is 14.6. The molecule has 2 aromatic rings. The van der Waals surface area contributed by atoms with Crippen molar-refractivity contribution in [2.75, 3.05) is 6.54 Å². The van der Waals surface area contributed by atoms with Crippen LogP contribution in [-0.2, 0) is 4.79 Å². The van der Waals surface area contributed by atoms with E-state index in [1.54, 1.807) is 35.2 Å². The minimum atomic E-state index is -1.17. The lowest BCUT2D eigenvalue weighted by Gasteiger charge is -2.39. The van der Waals surface area contributed by atoms with Crippen molar-refractivity contribution >= 4 is 40.6 Å². The van der Waals surface area contributed by atoms with Crippen LogP contribution in [0.1, 0.15) is 24.1 Å². The summed E-state index contributed by atoms with van der Waals surface area (Å²) in [5.74, 6) is -1.74. The SMILES string of the molecule is CCN1C(=S)NC(c2ccccc2)=C(C(=O)O)C1c1c(F)cccc1Cl. The molecule has 2 N–H and O–H groups in total. The number of hydrogen-bond donors (Lipinski definition) is 2. The second kappa shape index (κ2) is 7.43. The molecule has 2 aromatic carbocycles. The Balaban J connectivity index is 2.33. The van der Waals surface area contributed by atoms with Crippen LogP contribution < -0.4 is 5.32 Å². The van der Waals surface area contributed by atoms with E-state index in [-0.39, 0.29) is 16.2 Å². The van der Waals surface area contributed by atoms with Crippen LogP contribution in [0.25, 0.3) is 5.70 Å². The Morgan fingerprint density at radius 2 is 1.96 bits per heavy atom. The lowest BCUT2D eigenvalue weighted by molar-refractivity contribution is -0.133. The van der Waals surface area contributed by atoms with Crippen molar-refractivity contribution < 1.29 is 14.3 Å². The minimum absolute atomic E-state index is 0.00125. The molecule has 0 saturated heterocycles. The summed E-state index contributed by atoms with van der Waals surface area (Å²) in [6, 6.07) is 12.3. The number of carboxylic acids is 1. The molecule has 3 rings (SSSR count). The Morgan fingerprint density at radius 3 is 2.54 bits per heavy atom. The summed E-state index contributed by atoms with van der Waals surface area (Å²) in [6.07, 6.45) is 0. The third-order valence-corrected chi connectivity index (χ3v) is 4.92. The van der Waals surface area contributed by atoms with Crippen molar-refractivity contribution in [3.05, 3.63) is 76.1 Å². The van der Waals surface area contributed by atoms with E-state index in [2.05, 4.69) is 5.32 Å². The summed E-state index contributed by atoms with van der Waals surface area (Å²) in [7, 11) is 0. The molecule has 0 aliphatic carbocycles. The van der Waals surface area contributed by atoms with Gasteiger partial charge in [0, 0.05) is 17.1 Å². The predicted molar refractivity (Wildman–Crippen MR) is 103 cm³/mol. The van der Waals surface area contributed by atoms with Gasteiger partial charge in [0.2, 0.25) is 0 Å². The average Bonchev–Trinajstić information content (AvgIpc) is 2.61. The molecule has 1 aliphatic rings. The van der Waals surface area contributed by atoms with Crippen molar-refractivity contribution in [2.45, 2.75) is 13.0 Å². The lowest BCUT2D eigenvalue weighted by Crippen LogP contribution is -2.48. The molecule has 4 nitrogen and oxygen atoms in total. The second-order valence-corrected chi connectivity index (χ2v) is 6.51. The zero-order chi connectivity index (χ0) is 18.8. The van der Waals surface area contributed by atoms with Crippen LogP contribution in [0, 0.1) is 5.82 Å². The monoisotopic (exact) mass is 390 g/mol. The van der Waals surface area contributed by atoms with Gasteiger partial charge in [-0.3, -0.25) is 0 Å². The fourth-order valence-corrected chi connectivity index (χ4v) is 3.71. The van der Waals surface area contributed by atoms with Gasteiger partial charge in [-0.2, -0.15) is 0 Å². The molecule has 0 aromatic heterocycles. The highest BCUT2D eigenvalue weighted by molar-refractivity contribution is 7.80. The molecule has 0 radical (unpaired) electrons. The van der Waals surface area contributed by atoms with E-state index in [4.69, 9.17) is 23.8 Å². The fourth-order valence-electron chi connectivity index (χ4n) is 3.11. The molecule has 7 heteroatoms. The number of carboxylic acid groups (broad SMARTS) is 1. The maximum absolute atomic E-state index is 14.6. The molecule has 1 atom stereocenters. The molecular weight excluding hydrogens is 375 g/mol. The van der Waals surface area contributed by atoms with Gasteiger partial charge in [-0.05, 0) is 36.8 Å². The fraction of sp³-hybridized carbons (Fsp3) is 0.158. The minimum Gasteiger partial charge on any atom is -0.478 e. The summed E-state index contributed by atoms with van der Waals surface area (Å²) < 4.78 is 14.6. The largest absolute Gasteiger partial charge is 0.478 e. The number of hydrogen-bond acceptors (Lipinski definition) is 2. The Labute approximate surface area is 160 Å². The zero-order valence-corrected chi connectivity index (χ0v) is 15.4. The van der Waals surface area contributed by atoms with Crippen molar-refractivity contribution in [3.63, 3.8) is 0 Å². The standard InChI is InChI=1S/C19H16ClFN2O2S/c1-2-23-17(14-12(20)9-6-10-13(14)21)15(18(24)25)16(22-19(23)26)11-7-4-3-5-8-11/h3-10,17H,2H2,1H3,(H,22,26)(H,24,25). The number of thiocarbonyl (C=S) groups is 1. The topological polar surface area (TPSA) is 52.6 Å². The summed E-state index contributed by atoms with van der Waals surface area (Å²) >= 11 is 11.7. The van der Waals surface area contributed by atoms with Crippen LogP contribution >= 0.6 is 23.8 Å². The normalized spacial score (nSPS) is 17.3. The van der Waals surface area contributed by atoms with E-state index in [0.717, 1.165) is 0 Å². The van der Waals surface area contributed by atoms with Gasteiger partial charge >= 0.3 is 5.97 Å². The first-order valence-electron chi connectivity index (χ1n) is 8.00. The van der Waals surface area contributed by atoms with Gasteiger partial charge in [0.15, 0.2) is 5.11 Å². The third kappa shape index (κ3) is 3.18. The van der Waals surface area contributed by atoms with Gasteiger partial charge in [-0.15, -0.1) is 0 Å². The van der Waals surface area contributed by atoms with Gasteiger partial charge in [0.25, 0.3) is 0 Å². The number of benzene rings is 2. The van der Waals surface area contributed by atoms with Crippen LogP contribution in [0.3, 0.4) is 0 Å². The number of carbonyl (C=O) groups is 1. The zero-order valence-electron chi connectivity index (χ0n) is 13.9. The number of nitrogens with one attached hydrogen (secondary N) is 1. The number of aliphatic carboxylic acids is 1. The molecule has 0 spiro atoms. The van der Waals surface area contributed by atoms with Gasteiger partial charge in [0.05, 0.1) is 17.3 Å². The van der Waals surface area contributed by atoms with Gasteiger partial charge in [-0.1, -0.05) is 48.0 Å². The molecule has 0 saturated carbocycles. The Hall–Kier alpha value is -2.44. The third-order valence-electron chi connectivity index (χ3n) is 4.25. The van der Waals surface area contributed by atoms with E-state index in [9.17, 15) is 14.3 Å². The quantitative estimate of drug-likeness (QED) is 0.765. The van der Waals surface area contributed by atoms with E-state index >= 15 is 0 Å². The maximum Gasteiger partial charge on any atom is 0.336 e. The predicted octanol–water partition coefficient (Wildman–Crippen LogP) is 4.23. The molecule has 1 unspecified atom stereocenters. The van der Waals surface area contributed by atoms with Crippen LogP contribution in [0.2, 0.25) is 5.02 Å². The first-order valence-corrected chi connectivity index (χ1v) is 8.78. The summed E-state index contributed by atoms with van der Waals surface area (Å²) in [5.41, 5.74) is 1.10. The van der Waals surface area contributed by atoms with Gasteiger partial charge < -0.3 is 15.3 Å². The van der Waals surface area contributed by atoms with E-state index in [0.29, 0.717) is 22.9 Å². The van der Waals surface area contributed by atoms with Crippen LogP contribution in [0.4, 0.5) is 4.39 Å². The van der Waals surface area contributed by atoms with Gasteiger partial charge in [-0.25, -0.2) is 9.18 Å². The first-order chi connectivity index (χ1) is 12.5. The molecule has 134 valence electrons. The molecule has 1 aliphatic heterocycles. The smallest absolute Gasteiger partial charge is 0.336 e. The molecule has 0 bridgehead atoms. The summed E-state index contributed by atoms with van der Waals surface area (Å²) in [4.78, 5) is 13.8. The van der Waals surface area contributed by atoms with Crippen molar-refractivity contribution in [3.8, 4) is 0 Å². The second-order valence-electron chi connectivity index (χ2n) is 5.71. The molecule has 1 heterocycles. The molecule has 0 fully saturated rings. The Kier molecular flexibility index (Phi) is 5.25. The highest BCUT2D eigenvalue weighted by Crippen LogP contribution is 2.40. The van der Waals surface area contributed by atoms with E-state index in [1.165, 1.54) is 12.1 Å². The van der Waals surface area contributed by atoms with E-state index < -0.39 is 17.8 Å². The highest BCUT2D eigenvalue weighted by atomic mass is 35.5. The number of rotatable bonds is 4. The number of likely N-dealkylation sites (N-methyl/N-ethyl adjacent to an activating group) is 1.